The number of carbonyl (C=O) groups is 1. The molecule has 0 aliphatic carbocycles. The van der Waals surface area contributed by atoms with Crippen LogP contribution in [0.4, 0.5) is 10.5 Å². The first kappa shape index (κ1) is 24.4. The Morgan fingerprint density at radius 3 is 2.79 bits per heavy atom. The molecule has 33 heavy (non-hydrogen) atoms. The number of carbonyl (C=O) groups excluding carboxylic acids is 1. The van der Waals surface area contributed by atoms with Crippen molar-refractivity contribution in [3.8, 4) is 23.0 Å². The van der Waals surface area contributed by atoms with Gasteiger partial charge in [0.1, 0.15) is 30.8 Å². The van der Waals surface area contributed by atoms with E-state index in [2.05, 4.69) is 16.0 Å². The van der Waals surface area contributed by atoms with Crippen molar-refractivity contribution in [2.75, 3.05) is 51.4 Å². The SMILES string of the molecule is CCOCC1COc2cc(OCC(O)CNCCNC(=O)Nc3ccc(O)cc3)ccc2O1. The molecule has 1 heterocycles. The summed E-state index contributed by atoms with van der Waals surface area (Å²) in [7, 11) is 0. The van der Waals surface area contributed by atoms with E-state index in [1.165, 1.54) is 12.1 Å². The van der Waals surface area contributed by atoms with Gasteiger partial charge < -0.3 is 45.1 Å². The van der Waals surface area contributed by atoms with Crippen LogP contribution < -0.4 is 30.2 Å². The van der Waals surface area contributed by atoms with Crippen molar-refractivity contribution in [3.63, 3.8) is 0 Å². The van der Waals surface area contributed by atoms with Gasteiger partial charge in [-0.2, -0.15) is 0 Å². The lowest BCUT2D eigenvalue weighted by molar-refractivity contribution is 0.0125. The van der Waals surface area contributed by atoms with Gasteiger partial charge >= 0.3 is 6.03 Å². The molecule has 0 saturated carbocycles. The Morgan fingerprint density at radius 1 is 1.18 bits per heavy atom. The number of aromatic hydroxyl groups is 1. The minimum Gasteiger partial charge on any atom is -0.508 e. The largest absolute Gasteiger partial charge is 0.508 e. The van der Waals surface area contributed by atoms with Crippen LogP contribution in [0, 0.1) is 0 Å². The number of hydrogen-bond acceptors (Lipinski definition) is 8. The van der Waals surface area contributed by atoms with Gasteiger partial charge in [-0.3, -0.25) is 0 Å². The number of phenolic OH excluding ortho intramolecular Hbond substituents is 1. The third-order valence-electron chi connectivity index (χ3n) is 4.68. The molecular weight excluding hydrogens is 430 g/mol. The molecule has 2 aromatic carbocycles. The van der Waals surface area contributed by atoms with E-state index in [1.54, 1.807) is 30.3 Å². The fourth-order valence-electron chi connectivity index (χ4n) is 3.02. The summed E-state index contributed by atoms with van der Waals surface area (Å²) in [6.45, 7) is 4.72. The summed E-state index contributed by atoms with van der Waals surface area (Å²) in [6, 6.07) is 11.1. The molecule has 5 N–H and O–H groups in total. The lowest BCUT2D eigenvalue weighted by atomic mass is 10.2. The van der Waals surface area contributed by atoms with Crippen LogP contribution in [0.25, 0.3) is 0 Å². The molecule has 0 spiro atoms. The van der Waals surface area contributed by atoms with Crippen molar-refractivity contribution >= 4 is 11.7 Å². The van der Waals surface area contributed by atoms with Gasteiger partial charge in [-0.1, -0.05) is 0 Å². The van der Waals surface area contributed by atoms with E-state index in [1.807, 2.05) is 6.92 Å². The highest BCUT2D eigenvalue weighted by Crippen LogP contribution is 2.35. The van der Waals surface area contributed by atoms with Crippen molar-refractivity contribution in [1.82, 2.24) is 10.6 Å². The van der Waals surface area contributed by atoms with Gasteiger partial charge in [-0.05, 0) is 43.3 Å². The number of fused-ring (bicyclic) bond motifs is 1. The number of phenols is 1. The first-order valence-corrected chi connectivity index (χ1v) is 10.9. The Morgan fingerprint density at radius 2 is 2.00 bits per heavy atom. The number of aliphatic hydroxyl groups is 1. The van der Waals surface area contributed by atoms with Crippen molar-refractivity contribution < 1.29 is 34.0 Å². The highest BCUT2D eigenvalue weighted by Gasteiger charge is 2.21. The molecule has 180 valence electrons. The minimum absolute atomic E-state index is 0.106. The Labute approximate surface area is 192 Å². The summed E-state index contributed by atoms with van der Waals surface area (Å²) in [6.07, 6.45) is -0.856. The Hall–Kier alpha value is -3.21. The normalized spacial score (nSPS) is 15.5. The topological polar surface area (TPSA) is 131 Å². The standard InChI is InChI=1S/C23H31N3O7/c1-2-30-14-20-15-32-22-11-19(7-8-21(22)33-20)31-13-18(28)12-24-9-10-25-23(29)26-16-3-5-17(27)6-4-16/h3-8,11,18,20,24,27-28H,2,9-10,12-15H2,1H3,(H2,25,26,29). The Balaban J connectivity index is 1.28. The van der Waals surface area contributed by atoms with E-state index >= 15 is 0 Å². The summed E-state index contributed by atoms with van der Waals surface area (Å²) in [4.78, 5) is 11.8. The molecule has 0 fully saturated rings. The van der Waals surface area contributed by atoms with E-state index in [4.69, 9.17) is 18.9 Å². The molecule has 0 aromatic heterocycles. The number of benzene rings is 2. The molecule has 1 aliphatic rings. The van der Waals surface area contributed by atoms with Gasteiger partial charge in [-0.15, -0.1) is 0 Å². The average Bonchev–Trinajstić information content (AvgIpc) is 2.82. The van der Waals surface area contributed by atoms with Crippen LogP contribution in [0.15, 0.2) is 42.5 Å². The van der Waals surface area contributed by atoms with Gasteiger partial charge in [0.25, 0.3) is 0 Å². The molecule has 2 amide bonds. The maximum atomic E-state index is 11.8. The second-order valence-corrected chi connectivity index (χ2v) is 7.42. The molecule has 10 nitrogen and oxygen atoms in total. The lowest BCUT2D eigenvalue weighted by Crippen LogP contribution is -2.38. The smallest absolute Gasteiger partial charge is 0.319 e. The van der Waals surface area contributed by atoms with Gasteiger partial charge in [-0.25, -0.2) is 4.79 Å². The molecule has 10 heteroatoms. The quantitative estimate of drug-likeness (QED) is 0.239. The lowest BCUT2D eigenvalue weighted by Gasteiger charge is -2.26. The van der Waals surface area contributed by atoms with Gasteiger partial charge in [0.05, 0.1) is 6.61 Å². The number of amides is 2. The minimum atomic E-state index is -0.723. The van der Waals surface area contributed by atoms with Crippen LogP contribution in [-0.2, 0) is 4.74 Å². The van der Waals surface area contributed by atoms with Gasteiger partial charge in [0.15, 0.2) is 17.6 Å². The first-order valence-electron chi connectivity index (χ1n) is 10.9. The number of urea groups is 1. The summed E-state index contributed by atoms with van der Waals surface area (Å²) in [5.74, 6) is 1.95. The Bertz CT molecular complexity index is 879. The highest BCUT2D eigenvalue weighted by atomic mass is 16.6. The summed E-state index contributed by atoms with van der Waals surface area (Å²) >= 11 is 0. The predicted octanol–water partition coefficient (Wildman–Crippen LogP) is 1.72. The highest BCUT2D eigenvalue weighted by molar-refractivity contribution is 5.89. The molecule has 0 bridgehead atoms. The average molecular weight is 462 g/mol. The summed E-state index contributed by atoms with van der Waals surface area (Å²) in [5.41, 5.74) is 0.579. The maximum Gasteiger partial charge on any atom is 0.319 e. The molecule has 2 aromatic rings. The van der Waals surface area contributed by atoms with Crippen LogP contribution >= 0.6 is 0 Å². The molecule has 3 rings (SSSR count). The van der Waals surface area contributed by atoms with Crippen LogP contribution in [0.3, 0.4) is 0 Å². The van der Waals surface area contributed by atoms with Crippen LogP contribution in [0.5, 0.6) is 23.0 Å². The van der Waals surface area contributed by atoms with Gasteiger partial charge in [0.2, 0.25) is 0 Å². The summed E-state index contributed by atoms with van der Waals surface area (Å²) < 4.78 is 22.6. The first-order chi connectivity index (χ1) is 16.0. The number of rotatable bonds is 12. The third-order valence-corrected chi connectivity index (χ3v) is 4.68. The van der Waals surface area contributed by atoms with Crippen LogP contribution in [0.2, 0.25) is 0 Å². The van der Waals surface area contributed by atoms with Crippen molar-refractivity contribution in [1.29, 1.82) is 0 Å². The van der Waals surface area contributed by atoms with Crippen LogP contribution in [-0.4, -0.2) is 74.5 Å². The number of nitrogens with one attached hydrogen (secondary N) is 3. The van der Waals surface area contributed by atoms with Crippen molar-refractivity contribution in [3.05, 3.63) is 42.5 Å². The molecule has 1 aliphatic heterocycles. The van der Waals surface area contributed by atoms with Crippen molar-refractivity contribution in [2.45, 2.75) is 19.1 Å². The monoisotopic (exact) mass is 461 g/mol. The molecule has 2 atom stereocenters. The van der Waals surface area contributed by atoms with Crippen LogP contribution in [0.1, 0.15) is 6.92 Å². The zero-order chi connectivity index (χ0) is 23.5. The maximum absolute atomic E-state index is 11.8. The molecule has 0 radical (unpaired) electrons. The van der Waals surface area contributed by atoms with E-state index < -0.39 is 6.10 Å². The van der Waals surface area contributed by atoms with E-state index in [0.717, 1.165) is 0 Å². The van der Waals surface area contributed by atoms with E-state index in [-0.39, 0.29) is 24.5 Å². The predicted molar refractivity (Wildman–Crippen MR) is 122 cm³/mol. The number of ether oxygens (including phenoxy) is 4. The number of anilines is 1. The Kier molecular flexibility index (Phi) is 9.43. The second-order valence-electron chi connectivity index (χ2n) is 7.42. The van der Waals surface area contributed by atoms with Gasteiger partial charge in [0, 0.05) is 38.0 Å². The van der Waals surface area contributed by atoms with E-state index in [0.29, 0.717) is 62.4 Å². The second kappa shape index (κ2) is 12.7. The third kappa shape index (κ3) is 8.33. The fourth-order valence-corrected chi connectivity index (χ4v) is 3.02. The zero-order valence-corrected chi connectivity index (χ0v) is 18.6. The summed E-state index contributed by atoms with van der Waals surface area (Å²) in [5, 5.41) is 27.8. The molecule has 0 saturated heterocycles. The molecular formula is C23H31N3O7. The fraction of sp³-hybridized carbons (Fsp3) is 0.435. The zero-order valence-electron chi connectivity index (χ0n) is 18.6. The number of aliphatic hydroxyl groups excluding tert-OH is 1. The molecule has 2 unspecified atom stereocenters. The van der Waals surface area contributed by atoms with E-state index in [9.17, 15) is 15.0 Å². The van der Waals surface area contributed by atoms with Crippen molar-refractivity contribution in [2.24, 2.45) is 0 Å². The number of hydrogen-bond donors (Lipinski definition) is 5.